The van der Waals surface area contributed by atoms with E-state index in [1.807, 2.05) is 0 Å². The molecule has 0 radical (unpaired) electrons. The summed E-state index contributed by atoms with van der Waals surface area (Å²) in [6.45, 7) is 0. The first kappa shape index (κ1) is 19.6. The average Bonchev–Trinajstić information content (AvgIpc) is 3.66. The van der Waals surface area contributed by atoms with Gasteiger partial charge in [0.05, 0.1) is 16.2 Å². The Hall–Kier alpha value is -5.48. The van der Waals surface area contributed by atoms with Crippen molar-refractivity contribution in [2.45, 2.75) is 5.66 Å². The topological polar surface area (TPSA) is 21.4 Å². The molecule has 0 N–H and O–H groups in total. The molecular weight excluding hydrogens is 502 g/mol. The summed E-state index contributed by atoms with van der Waals surface area (Å²) >= 11 is 0. The van der Waals surface area contributed by atoms with E-state index in [0.29, 0.717) is 0 Å². The van der Waals surface area contributed by atoms with E-state index in [0.717, 1.165) is 11.5 Å². The largest absolute Gasteiger partial charge is 0.456 e. The molecule has 0 bridgehead atoms. The number of benzene rings is 6. The molecule has 0 fully saturated rings. The van der Waals surface area contributed by atoms with Gasteiger partial charge in [-0.1, -0.05) is 54.6 Å². The first-order valence-electron chi connectivity index (χ1n) is 14.2. The molecule has 4 nitrogen and oxygen atoms in total. The Morgan fingerprint density at radius 3 is 2.00 bits per heavy atom. The number of imidazole rings is 1. The summed E-state index contributed by atoms with van der Waals surface area (Å²) in [5, 5.41) is 10.2. The molecule has 41 heavy (non-hydrogen) atoms. The quantitative estimate of drug-likeness (QED) is 0.150. The third-order valence-corrected chi connectivity index (χ3v) is 10.1. The van der Waals surface area contributed by atoms with Crippen LogP contribution in [0.25, 0.3) is 70.8 Å². The van der Waals surface area contributed by atoms with Crippen LogP contribution in [0, 0.1) is 0 Å². The van der Waals surface area contributed by atoms with Crippen molar-refractivity contribution in [3.63, 3.8) is 0 Å². The lowest BCUT2D eigenvalue weighted by Gasteiger charge is -2.28. The lowest BCUT2D eigenvalue weighted by molar-refractivity contribution is -0.934. The minimum Gasteiger partial charge on any atom is -0.456 e. The van der Waals surface area contributed by atoms with Crippen molar-refractivity contribution in [2.24, 2.45) is 0 Å². The molecule has 1 unspecified atom stereocenters. The number of hydrogen-bond acceptors (Lipinski definition) is 1. The van der Waals surface area contributed by atoms with Crippen molar-refractivity contribution in [3.8, 4) is 11.5 Å². The Bertz CT molecular complexity index is 2790. The zero-order valence-corrected chi connectivity index (χ0v) is 21.7. The molecular formula is C37H19N3O+2. The van der Waals surface area contributed by atoms with Gasteiger partial charge in [-0.2, -0.15) is 4.40 Å². The number of hydrogen-bond donors (Lipinski definition) is 0. The number of rotatable bonds is 0. The number of ether oxygens (including phenoxy) is 1. The number of para-hydroxylation sites is 3. The first-order chi connectivity index (χ1) is 20.4. The van der Waals surface area contributed by atoms with E-state index in [1.54, 1.807) is 0 Å². The smallest absolute Gasteiger partial charge is 0.372 e. The van der Waals surface area contributed by atoms with Gasteiger partial charge in [0, 0.05) is 16.8 Å². The van der Waals surface area contributed by atoms with Gasteiger partial charge in [0.15, 0.2) is 17.2 Å². The third-order valence-electron chi connectivity index (χ3n) is 10.1. The van der Waals surface area contributed by atoms with Gasteiger partial charge in [0.25, 0.3) is 0 Å². The second-order valence-electron chi connectivity index (χ2n) is 11.7. The van der Waals surface area contributed by atoms with Crippen molar-refractivity contribution < 1.29 is 13.9 Å². The van der Waals surface area contributed by atoms with Gasteiger partial charge in [-0.15, -0.1) is 9.13 Å². The van der Waals surface area contributed by atoms with E-state index in [1.165, 1.54) is 81.9 Å². The highest BCUT2D eigenvalue weighted by Crippen LogP contribution is 2.58. The highest BCUT2D eigenvalue weighted by Gasteiger charge is 2.68. The van der Waals surface area contributed by atoms with E-state index in [4.69, 9.17) is 4.74 Å². The van der Waals surface area contributed by atoms with Gasteiger partial charge in [0.2, 0.25) is 5.52 Å². The minimum atomic E-state index is -0.602. The van der Waals surface area contributed by atoms with E-state index in [-0.39, 0.29) is 0 Å². The van der Waals surface area contributed by atoms with Crippen LogP contribution in [0.4, 0.5) is 0 Å². The lowest BCUT2D eigenvalue weighted by atomic mass is 9.84. The van der Waals surface area contributed by atoms with Crippen molar-refractivity contribution >= 4 is 70.8 Å². The highest BCUT2D eigenvalue weighted by molar-refractivity contribution is 6.26. The molecule has 3 aliphatic rings. The summed E-state index contributed by atoms with van der Waals surface area (Å²) in [6, 6.07) is 40.0. The summed E-state index contributed by atoms with van der Waals surface area (Å²) in [5.41, 5.74) is 8.07. The molecule has 3 aliphatic heterocycles. The predicted octanol–water partition coefficient (Wildman–Crippen LogP) is 7.46. The number of aromatic nitrogens is 3. The summed E-state index contributed by atoms with van der Waals surface area (Å²) in [6.07, 6.45) is 2.30. The van der Waals surface area contributed by atoms with Crippen LogP contribution in [-0.4, -0.2) is 4.40 Å². The van der Waals surface area contributed by atoms with Gasteiger partial charge in [-0.3, -0.25) is 0 Å². The fraction of sp³-hybridized carbons (Fsp3) is 0.0270. The maximum atomic E-state index is 6.88. The monoisotopic (exact) mass is 521 g/mol. The van der Waals surface area contributed by atoms with E-state index < -0.39 is 5.66 Å². The third kappa shape index (κ3) is 1.77. The van der Waals surface area contributed by atoms with Crippen molar-refractivity contribution in [1.29, 1.82) is 0 Å². The molecule has 1 atom stereocenters. The Morgan fingerprint density at radius 1 is 0.537 bits per heavy atom. The van der Waals surface area contributed by atoms with Crippen LogP contribution in [-0.2, 0) is 5.66 Å². The zero-order valence-electron chi connectivity index (χ0n) is 21.7. The summed E-state index contributed by atoms with van der Waals surface area (Å²) < 4.78 is 14.6. The standard InChI is InChI=1S/C37H19N3O/c1-2-9-21-20(8-1)23-15-17-29-33-31(23)35-25(21)11-7-19-38(35)37(33)34-30(41-29)18-16-24-22-10-3-4-12-26(22)39-27-13-5-6-14-28(27)40(37)36(39)32(24)34/h1-19H/q+2. The average molecular weight is 522 g/mol. The van der Waals surface area contributed by atoms with Crippen LogP contribution in [0.3, 0.4) is 0 Å². The second-order valence-corrected chi connectivity index (χ2v) is 11.7. The number of nitrogens with zero attached hydrogens (tertiary/aromatic N) is 3. The van der Waals surface area contributed by atoms with Gasteiger partial charge >= 0.3 is 11.3 Å². The van der Waals surface area contributed by atoms with Gasteiger partial charge in [-0.25, -0.2) is 0 Å². The maximum absolute atomic E-state index is 6.88. The molecule has 1 spiro atoms. The molecule has 0 saturated heterocycles. The molecule has 0 amide bonds. The van der Waals surface area contributed by atoms with Crippen molar-refractivity contribution in [1.82, 2.24) is 4.40 Å². The molecule has 6 aromatic carbocycles. The predicted molar refractivity (Wildman–Crippen MR) is 161 cm³/mol. The number of fused-ring (bicyclic) bond motifs is 9. The van der Waals surface area contributed by atoms with Crippen LogP contribution in [0.1, 0.15) is 11.1 Å². The van der Waals surface area contributed by atoms with Crippen molar-refractivity contribution in [3.05, 3.63) is 127 Å². The Balaban J connectivity index is 1.48. The van der Waals surface area contributed by atoms with Crippen molar-refractivity contribution in [2.75, 3.05) is 0 Å². The van der Waals surface area contributed by atoms with E-state index in [2.05, 4.69) is 129 Å². The number of pyridine rings is 2. The molecule has 9 aromatic rings. The summed E-state index contributed by atoms with van der Waals surface area (Å²) in [4.78, 5) is 0. The first-order valence-corrected chi connectivity index (χ1v) is 14.2. The van der Waals surface area contributed by atoms with Crippen LogP contribution < -0.4 is 13.9 Å². The van der Waals surface area contributed by atoms with Crippen LogP contribution in [0.5, 0.6) is 11.5 Å². The van der Waals surface area contributed by atoms with E-state index >= 15 is 0 Å². The van der Waals surface area contributed by atoms with Gasteiger partial charge in [0.1, 0.15) is 28.1 Å². The Morgan fingerprint density at radius 2 is 1.17 bits per heavy atom. The molecule has 0 saturated carbocycles. The molecule has 0 aliphatic carbocycles. The molecule has 3 aromatic heterocycles. The fourth-order valence-electron chi connectivity index (χ4n) is 8.84. The SMILES string of the molecule is c1ccc2c(c1)c1ccc3c4c1c1c2ccc[n+]1C41c2c(ccc4c5ccccc5n5c6ccccc6[n+]1c5c24)O3. The van der Waals surface area contributed by atoms with E-state index in [9.17, 15) is 0 Å². The minimum absolute atomic E-state index is 0.602. The maximum Gasteiger partial charge on any atom is 0.372 e. The zero-order chi connectivity index (χ0) is 26.2. The molecule has 4 heteroatoms. The Kier molecular flexibility index (Phi) is 2.85. The molecule has 186 valence electrons. The Labute approximate surface area is 232 Å². The van der Waals surface area contributed by atoms with Crippen LogP contribution >= 0.6 is 0 Å². The van der Waals surface area contributed by atoms with Crippen LogP contribution in [0.2, 0.25) is 0 Å². The highest BCUT2D eigenvalue weighted by atomic mass is 16.5. The summed E-state index contributed by atoms with van der Waals surface area (Å²) in [5.74, 6) is 1.88. The van der Waals surface area contributed by atoms with Gasteiger partial charge in [-0.05, 0) is 64.7 Å². The normalized spacial score (nSPS) is 17.6. The second kappa shape index (κ2) is 5.98. The fourth-order valence-corrected chi connectivity index (χ4v) is 8.84. The lowest BCUT2D eigenvalue weighted by Crippen LogP contribution is -2.72. The van der Waals surface area contributed by atoms with Crippen LogP contribution in [0.15, 0.2) is 115 Å². The molecule has 12 rings (SSSR count). The van der Waals surface area contributed by atoms with Gasteiger partial charge < -0.3 is 4.74 Å². The summed E-state index contributed by atoms with van der Waals surface area (Å²) in [7, 11) is 0. The molecule has 6 heterocycles.